The fourth-order valence-electron chi connectivity index (χ4n) is 2.82. The second-order valence-electron chi connectivity index (χ2n) is 5.77. The lowest BCUT2D eigenvalue weighted by atomic mass is 10.1. The molecule has 0 atom stereocenters. The molecule has 0 aliphatic carbocycles. The average molecular weight is 331 g/mol. The quantitative estimate of drug-likeness (QED) is 0.829. The second kappa shape index (κ2) is 7.11. The molecule has 1 aliphatic heterocycles. The van der Waals surface area contributed by atoms with Gasteiger partial charge in [-0.05, 0) is 19.1 Å². The van der Waals surface area contributed by atoms with Crippen LogP contribution in [0.4, 0.5) is 0 Å². The maximum atomic E-state index is 12.7. The molecule has 2 aromatic rings. The molecule has 0 spiro atoms. The third-order valence-corrected chi connectivity index (χ3v) is 4.21. The number of morpholine rings is 1. The first-order valence-corrected chi connectivity index (χ1v) is 7.98. The van der Waals surface area contributed by atoms with Crippen LogP contribution in [0.2, 0.25) is 0 Å². The summed E-state index contributed by atoms with van der Waals surface area (Å²) in [4.78, 5) is 31.5. The molecule has 0 N–H and O–H groups in total. The normalized spacial score (nSPS) is 15.0. The number of methoxy groups -OCH3 is 1. The summed E-state index contributed by atoms with van der Waals surface area (Å²) in [6.45, 7) is 4.90. The minimum atomic E-state index is -0.159. The number of aromatic nitrogens is 2. The van der Waals surface area contributed by atoms with E-state index in [0.29, 0.717) is 61.6 Å². The molecule has 7 heteroatoms. The number of fused-ring (bicyclic) bond motifs is 1. The fourth-order valence-corrected chi connectivity index (χ4v) is 2.82. The summed E-state index contributed by atoms with van der Waals surface area (Å²) in [5.74, 6) is -0.100. The Morgan fingerprint density at radius 2 is 2.12 bits per heavy atom. The van der Waals surface area contributed by atoms with Gasteiger partial charge in [-0.3, -0.25) is 14.6 Å². The van der Waals surface area contributed by atoms with Gasteiger partial charge in [0.2, 0.25) is 0 Å². The number of hydrogen-bond donors (Lipinski definition) is 0. The van der Waals surface area contributed by atoms with E-state index in [2.05, 4.69) is 4.98 Å². The monoisotopic (exact) mass is 331 g/mol. The molecule has 1 amide bonds. The molecule has 3 rings (SSSR count). The minimum Gasteiger partial charge on any atom is -0.383 e. The van der Waals surface area contributed by atoms with Crippen LogP contribution < -0.4 is 5.56 Å². The summed E-state index contributed by atoms with van der Waals surface area (Å²) in [6.07, 6.45) is 1.71. The van der Waals surface area contributed by atoms with Gasteiger partial charge in [-0.1, -0.05) is 0 Å². The van der Waals surface area contributed by atoms with E-state index in [1.807, 2.05) is 0 Å². The van der Waals surface area contributed by atoms with E-state index >= 15 is 0 Å². The Morgan fingerprint density at radius 1 is 1.38 bits per heavy atom. The average Bonchev–Trinajstić information content (AvgIpc) is 2.61. The molecular weight excluding hydrogens is 310 g/mol. The van der Waals surface area contributed by atoms with Crippen molar-refractivity contribution >= 4 is 16.8 Å². The van der Waals surface area contributed by atoms with Crippen molar-refractivity contribution in [1.29, 1.82) is 0 Å². The highest BCUT2D eigenvalue weighted by Crippen LogP contribution is 2.16. The van der Waals surface area contributed by atoms with E-state index in [1.165, 1.54) is 0 Å². The van der Waals surface area contributed by atoms with E-state index < -0.39 is 0 Å². The van der Waals surface area contributed by atoms with E-state index in [4.69, 9.17) is 9.47 Å². The van der Waals surface area contributed by atoms with Crippen molar-refractivity contribution in [2.24, 2.45) is 0 Å². The van der Waals surface area contributed by atoms with Gasteiger partial charge in [-0.2, -0.15) is 0 Å². The Balaban J connectivity index is 2.02. The number of nitrogens with zero attached hydrogens (tertiary/aromatic N) is 3. The number of hydrogen-bond acceptors (Lipinski definition) is 5. The van der Waals surface area contributed by atoms with E-state index in [1.54, 1.807) is 41.8 Å². The van der Waals surface area contributed by atoms with Crippen LogP contribution in [-0.2, 0) is 16.0 Å². The second-order valence-corrected chi connectivity index (χ2v) is 5.77. The maximum Gasteiger partial charge on any atom is 0.260 e. The number of pyridine rings is 2. The lowest BCUT2D eigenvalue weighted by Crippen LogP contribution is -2.41. The molecule has 128 valence electrons. The van der Waals surface area contributed by atoms with E-state index in [-0.39, 0.29) is 11.5 Å². The van der Waals surface area contributed by atoms with Crippen LogP contribution in [0.25, 0.3) is 10.9 Å². The fraction of sp³-hybridized carbons (Fsp3) is 0.471. The Bertz CT molecular complexity index is 809. The summed E-state index contributed by atoms with van der Waals surface area (Å²) >= 11 is 0. The predicted molar refractivity (Wildman–Crippen MR) is 89.3 cm³/mol. The summed E-state index contributed by atoms with van der Waals surface area (Å²) in [5.41, 5.74) is 1.55. The standard InChI is InChI=1S/C17H21N3O4/c1-12-13(16(21)20-6-9-24-10-7-20)11-14-15(18-12)3-4-19(17(14)22)5-8-23-2/h3-4,11H,5-10H2,1-2H3. The van der Waals surface area contributed by atoms with Crippen LogP contribution >= 0.6 is 0 Å². The number of ether oxygens (including phenoxy) is 2. The van der Waals surface area contributed by atoms with Gasteiger partial charge in [0.05, 0.1) is 42.0 Å². The first kappa shape index (κ1) is 16.6. The Kier molecular flexibility index (Phi) is 4.92. The number of amides is 1. The molecule has 1 aliphatic rings. The topological polar surface area (TPSA) is 73.7 Å². The predicted octanol–water partition coefficient (Wildman–Crippen LogP) is 0.824. The van der Waals surface area contributed by atoms with Crippen molar-refractivity contribution in [2.75, 3.05) is 40.0 Å². The van der Waals surface area contributed by atoms with Gasteiger partial charge < -0.3 is 18.9 Å². The highest BCUT2D eigenvalue weighted by atomic mass is 16.5. The molecule has 0 unspecified atom stereocenters. The summed E-state index contributed by atoms with van der Waals surface area (Å²) in [5, 5.41) is 0.454. The number of rotatable bonds is 4. The Hall–Kier alpha value is -2.25. The Labute approximate surface area is 139 Å². The molecule has 0 aromatic carbocycles. The van der Waals surface area contributed by atoms with Gasteiger partial charge in [-0.15, -0.1) is 0 Å². The van der Waals surface area contributed by atoms with Crippen LogP contribution in [0.5, 0.6) is 0 Å². The maximum absolute atomic E-state index is 12.7. The first-order valence-electron chi connectivity index (χ1n) is 7.98. The van der Waals surface area contributed by atoms with Crippen LogP contribution in [0.3, 0.4) is 0 Å². The van der Waals surface area contributed by atoms with Gasteiger partial charge in [0, 0.05) is 32.9 Å². The van der Waals surface area contributed by atoms with Crippen molar-refractivity contribution in [3.63, 3.8) is 0 Å². The summed E-state index contributed by atoms with van der Waals surface area (Å²) in [6, 6.07) is 3.46. The highest BCUT2D eigenvalue weighted by Gasteiger charge is 2.21. The number of aryl methyl sites for hydroxylation is 1. The molecule has 1 saturated heterocycles. The molecule has 0 bridgehead atoms. The Morgan fingerprint density at radius 3 is 2.83 bits per heavy atom. The lowest BCUT2D eigenvalue weighted by molar-refractivity contribution is 0.0302. The molecule has 3 heterocycles. The van der Waals surface area contributed by atoms with Crippen LogP contribution in [0.1, 0.15) is 16.1 Å². The van der Waals surface area contributed by atoms with Crippen LogP contribution in [0.15, 0.2) is 23.1 Å². The minimum absolute atomic E-state index is 0.100. The number of carbonyl (C=O) groups excluding carboxylic acids is 1. The van der Waals surface area contributed by atoms with Crippen molar-refractivity contribution in [3.05, 3.63) is 39.9 Å². The molecule has 7 nitrogen and oxygen atoms in total. The molecule has 1 fully saturated rings. The molecule has 2 aromatic heterocycles. The molecule has 0 radical (unpaired) electrons. The van der Waals surface area contributed by atoms with Crippen molar-refractivity contribution in [1.82, 2.24) is 14.5 Å². The van der Waals surface area contributed by atoms with E-state index in [9.17, 15) is 9.59 Å². The third-order valence-electron chi connectivity index (χ3n) is 4.21. The van der Waals surface area contributed by atoms with E-state index in [0.717, 1.165) is 0 Å². The first-order chi connectivity index (χ1) is 11.6. The van der Waals surface area contributed by atoms with Crippen LogP contribution in [0, 0.1) is 6.92 Å². The number of carbonyl (C=O) groups is 1. The van der Waals surface area contributed by atoms with Crippen LogP contribution in [-0.4, -0.2) is 60.4 Å². The summed E-state index contributed by atoms with van der Waals surface area (Å²) < 4.78 is 11.9. The van der Waals surface area contributed by atoms with Gasteiger partial charge >= 0.3 is 0 Å². The third kappa shape index (κ3) is 3.18. The van der Waals surface area contributed by atoms with Gasteiger partial charge in [-0.25, -0.2) is 0 Å². The zero-order chi connectivity index (χ0) is 17.1. The zero-order valence-corrected chi connectivity index (χ0v) is 13.9. The van der Waals surface area contributed by atoms with Crippen molar-refractivity contribution < 1.29 is 14.3 Å². The van der Waals surface area contributed by atoms with Gasteiger partial charge in [0.25, 0.3) is 11.5 Å². The SMILES string of the molecule is COCCn1ccc2nc(C)c(C(=O)N3CCOCC3)cc2c1=O. The van der Waals surface area contributed by atoms with Crippen molar-refractivity contribution in [2.45, 2.75) is 13.5 Å². The molecular formula is C17H21N3O4. The summed E-state index contributed by atoms with van der Waals surface area (Å²) in [7, 11) is 1.59. The van der Waals surface area contributed by atoms with Gasteiger partial charge in [0.15, 0.2) is 0 Å². The largest absolute Gasteiger partial charge is 0.383 e. The highest BCUT2D eigenvalue weighted by molar-refractivity contribution is 5.98. The van der Waals surface area contributed by atoms with Crippen molar-refractivity contribution in [3.8, 4) is 0 Å². The molecule has 0 saturated carbocycles. The smallest absolute Gasteiger partial charge is 0.260 e. The molecule has 24 heavy (non-hydrogen) atoms. The zero-order valence-electron chi connectivity index (χ0n) is 13.9. The lowest BCUT2D eigenvalue weighted by Gasteiger charge is -2.27. The van der Waals surface area contributed by atoms with Gasteiger partial charge in [0.1, 0.15) is 0 Å².